The van der Waals surface area contributed by atoms with Crippen molar-refractivity contribution >= 4 is 45.9 Å². The summed E-state index contributed by atoms with van der Waals surface area (Å²) in [5.41, 5.74) is 2.92. The summed E-state index contributed by atoms with van der Waals surface area (Å²) in [7, 11) is 1.68. The van der Waals surface area contributed by atoms with Crippen LogP contribution in [0.4, 0.5) is 5.69 Å². The van der Waals surface area contributed by atoms with Crippen LogP contribution in [0.5, 0.6) is 0 Å². The molecular formula is C16H20IN3O2S. The molecule has 0 aliphatic heterocycles. The fraction of sp³-hybridized carbons (Fsp3) is 0.375. The van der Waals surface area contributed by atoms with Crippen molar-refractivity contribution in [1.29, 1.82) is 0 Å². The molecule has 1 heterocycles. The van der Waals surface area contributed by atoms with Crippen molar-refractivity contribution in [3.63, 3.8) is 0 Å². The second kappa shape index (κ2) is 8.70. The number of anilines is 1. The van der Waals surface area contributed by atoms with Crippen LogP contribution in [0.1, 0.15) is 11.4 Å². The summed E-state index contributed by atoms with van der Waals surface area (Å²) >= 11 is 3.67. The summed E-state index contributed by atoms with van der Waals surface area (Å²) in [4.78, 5) is 16.7. The molecular weight excluding hydrogens is 425 g/mol. The standard InChI is InChI=1S/C16H20IN3O2S/c1-11-12(2)20(7-8-22-3)16(18-11)23-10-15(21)19-14-6-4-5-13(17)9-14/h4-6,9H,7-8,10H2,1-3H3,(H,19,21). The Morgan fingerprint density at radius 1 is 1.43 bits per heavy atom. The number of hydrogen-bond acceptors (Lipinski definition) is 4. The van der Waals surface area contributed by atoms with Gasteiger partial charge in [0.15, 0.2) is 5.16 Å². The van der Waals surface area contributed by atoms with Gasteiger partial charge < -0.3 is 14.6 Å². The van der Waals surface area contributed by atoms with Crippen molar-refractivity contribution in [3.8, 4) is 0 Å². The van der Waals surface area contributed by atoms with E-state index in [2.05, 4.69) is 37.5 Å². The molecule has 2 rings (SSSR count). The van der Waals surface area contributed by atoms with Crippen LogP contribution in [0, 0.1) is 17.4 Å². The van der Waals surface area contributed by atoms with Gasteiger partial charge in [0.05, 0.1) is 18.1 Å². The molecule has 0 atom stereocenters. The van der Waals surface area contributed by atoms with E-state index in [9.17, 15) is 4.79 Å². The largest absolute Gasteiger partial charge is 0.383 e. The number of amides is 1. The maximum absolute atomic E-state index is 12.1. The minimum absolute atomic E-state index is 0.0337. The molecule has 0 radical (unpaired) electrons. The SMILES string of the molecule is COCCn1c(SCC(=O)Nc2cccc(I)c2)nc(C)c1C. The summed E-state index contributed by atoms with van der Waals surface area (Å²) < 4.78 is 8.33. The fourth-order valence-electron chi connectivity index (χ4n) is 2.07. The van der Waals surface area contributed by atoms with Gasteiger partial charge in [0.25, 0.3) is 0 Å². The van der Waals surface area contributed by atoms with Crippen LogP contribution < -0.4 is 5.32 Å². The van der Waals surface area contributed by atoms with Crippen LogP contribution in [0.3, 0.4) is 0 Å². The number of rotatable bonds is 7. The first-order chi connectivity index (χ1) is 11.0. The van der Waals surface area contributed by atoms with Gasteiger partial charge in [-0.2, -0.15) is 0 Å². The van der Waals surface area contributed by atoms with E-state index in [0.29, 0.717) is 12.4 Å². The van der Waals surface area contributed by atoms with E-state index < -0.39 is 0 Å². The van der Waals surface area contributed by atoms with Crippen LogP contribution in [-0.2, 0) is 16.1 Å². The average Bonchev–Trinajstić information content (AvgIpc) is 2.78. The molecule has 0 spiro atoms. The minimum Gasteiger partial charge on any atom is -0.383 e. The maximum atomic E-state index is 12.1. The number of methoxy groups -OCH3 is 1. The maximum Gasteiger partial charge on any atom is 0.234 e. The predicted octanol–water partition coefficient (Wildman–Crippen LogP) is 3.48. The number of benzene rings is 1. The van der Waals surface area contributed by atoms with E-state index >= 15 is 0 Å². The zero-order chi connectivity index (χ0) is 16.8. The third-order valence-corrected chi connectivity index (χ3v) is 5.03. The Bertz CT molecular complexity index is 688. The van der Waals surface area contributed by atoms with E-state index in [4.69, 9.17) is 4.74 Å². The summed E-state index contributed by atoms with van der Waals surface area (Å²) in [6, 6.07) is 7.74. The van der Waals surface area contributed by atoms with Gasteiger partial charge in [0, 0.05) is 28.6 Å². The first-order valence-corrected chi connectivity index (χ1v) is 9.28. The highest BCUT2D eigenvalue weighted by Crippen LogP contribution is 2.21. The van der Waals surface area contributed by atoms with E-state index in [-0.39, 0.29) is 5.91 Å². The van der Waals surface area contributed by atoms with Crippen LogP contribution >= 0.6 is 34.4 Å². The zero-order valence-corrected chi connectivity index (χ0v) is 16.4. The summed E-state index contributed by atoms with van der Waals surface area (Å²) in [5.74, 6) is 0.294. The first kappa shape index (κ1) is 18.3. The molecule has 1 amide bonds. The molecule has 0 aliphatic rings. The molecule has 0 bridgehead atoms. The summed E-state index contributed by atoms with van der Waals surface area (Å²) in [6.45, 7) is 5.38. The molecule has 1 aromatic heterocycles. The highest BCUT2D eigenvalue weighted by atomic mass is 127. The summed E-state index contributed by atoms with van der Waals surface area (Å²) in [5, 5.41) is 3.77. The number of nitrogens with zero attached hydrogens (tertiary/aromatic N) is 2. The van der Waals surface area contributed by atoms with Gasteiger partial charge in [-0.3, -0.25) is 4.79 Å². The fourth-order valence-corrected chi connectivity index (χ4v) is 3.53. The molecule has 0 aliphatic carbocycles. The van der Waals surface area contributed by atoms with Gasteiger partial charge in [-0.1, -0.05) is 17.8 Å². The molecule has 23 heavy (non-hydrogen) atoms. The van der Waals surface area contributed by atoms with Crippen LogP contribution in [0.2, 0.25) is 0 Å². The lowest BCUT2D eigenvalue weighted by molar-refractivity contribution is -0.113. The number of aryl methyl sites for hydroxylation is 1. The van der Waals surface area contributed by atoms with E-state index in [0.717, 1.165) is 32.3 Å². The summed E-state index contributed by atoms with van der Waals surface area (Å²) in [6.07, 6.45) is 0. The third-order valence-electron chi connectivity index (χ3n) is 3.38. The van der Waals surface area contributed by atoms with Crippen molar-refractivity contribution < 1.29 is 9.53 Å². The number of carbonyl (C=O) groups excluding carboxylic acids is 1. The Labute approximate surface area is 154 Å². The molecule has 5 nitrogen and oxygen atoms in total. The van der Waals surface area contributed by atoms with Crippen molar-refractivity contribution in [3.05, 3.63) is 39.2 Å². The average molecular weight is 445 g/mol. The number of halogens is 1. The number of aromatic nitrogens is 2. The van der Waals surface area contributed by atoms with E-state index in [1.165, 1.54) is 11.8 Å². The second-order valence-corrected chi connectivity index (χ2v) is 7.24. The van der Waals surface area contributed by atoms with Gasteiger partial charge >= 0.3 is 0 Å². The Kier molecular flexibility index (Phi) is 6.91. The Morgan fingerprint density at radius 2 is 2.22 bits per heavy atom. The van der Waals surface area contributed by atoms with E-state index in [1.807, 2.05) is 38.1 Å². The lowest BCUT2D eigenvalue weighted by Gasteiger charge is -2.09. The lowest BCUT2D eigenvalue weighted by atomic mass is 10.3. The molecule has 0 saturated heterocycles. The molecule has 0 unspecified atom stereocenters. The van der Waals surface area contributed by atoms with Crippen molar-refractivity contribution in [2.75, 3.05) is 24.8 Å². The van der Waals surface area contributed by atoms with Gasteiger partial charge in [0.1, 0.15) is 0 Å². The Hall–Kier alpha value is -1.06. The smallest absolute Gasteiger partial charge is 0.234 e. The monoisotopic (exact) mass is 445 g/mol. The molecule has 0 fully saturated rings. The topological polar surface area (TPSA) is 56.1 Å². The van der Waals surface area contributed by atoms with Crippen LogP contribution in [-0.4, -0.2) is 34.9 Å². The number of nitrogens with one attached hydrogen (secondary N) is 1. The Balaban J connectivity index is 1.97. The molecule has 7 heteroatoms. The van der Waals surface area contributed by atoms with Crippen molar-refractivity contribution in [2.24, 2.45) is 0 Å². The highest BCUT2D eigenvalue weighted by Gasteiger charge is 2.13. The highest BCUT2D eigenvalue weighted by molar-refractivity contribution is 14.1. The minimum atomic E-state index is -0.0337. The van der Waals surface area contributed by atoms with Gasteiger partial charge in [-0.15, -0.1) is 0 Å². The molecule has 1 N–H and O–H groups in total. The van der Waals surface area contributed by atoms with Crippen LogP contribution in [0.15, 0.2) is 29.4 Å². The normalized spacial score (nSPS) is 10.8. The zero-order valence-electron chi connectivity index (χ0n) is 13.4. The number of carbonyl (C=O) groups is 1. The van der Waals surface area contributed by atoms with Crippen molar-refractivity contribution in [2.45, 2.75) is 25.5 Å². The van der Waals surface area contributed by atoms with Crippen molar-refractivity contribution in [1.82, 2.24) is 9.55 Å². The van der Waals surface area contributed by atoms with Gasteiger partial charge in [-0.05, 0) is 54.6 Å². The quantitative estimate of drug-likeness (QED) is 0.524. The Morgan fingerprint density at radius 3 is 2.91 bits per heavy atom. The van der Waals surface area contributed by atoms with Gasteiger partial charge in [-0.25, -0.2) is 4.98 Å². The molecule has 124 valence electrons. The third kappa shape index (κ3) is 5.22. The number of thioether (sulfide) groups is 1. The van der Waals surface area contributed by atoms with E-state index in [1.54, 1.807) is 7.11 Å². The number of hydrogen-bond donors (Lipinski definition) is 1. The lowest BCUT2D eigenvalue weighted by Crippen LogP contribution is -2.15. The van der Waals surface area contributed by atoms with Crippen LogP contribution in [0.25, 0.3) is 0 Å². The number of imidazole rings is 1. The first-order valence-electron chi connectivity index (χ1n) is 7.22. The molecule has 2 aromatic rings. The second-order valence-electron chi connectivity index (χ2n) is 5.06. The number of ether oxygens (including phenoxy) is 1. The molecule has 0 saturated carbocycles. The predicted molar refractivity (Wildman–Crippen MR) is 102 cm³/mol. The van der Waals surface area contributed by atoms with Gasteiger partial charge in [0.2, 0.25) is 5.91 Å². The molecule has 1 aromatic carbocycles.